The van der Waals surface area contributed by atoms with Gasteiger partial charge in [-0.15, -0.1) is 0 Å². The molecule has 0 saturated heterocycles. The molecule has 5 nitrogen and oxygen atoms in total. The third-order valence-corrected chi connectivity index (χ3v) is 3.92. The first-order valence-electron chi connectivity index (χ1n) is 8.43. The topological polar surface area (TPSA) is 71.3 Å². The van der Waals surface area contributed by atoms with Gasteiger partial charge in [-0.3, -0.25) is 4.79 Å². The van der Waals surface area contributed by atoms with Gasteiger partial charge in [-0.05, 0) is 39.3 Å². The molecular formula is C19H28N2O3. The molecule has 1 amide bonds. The minimum Gasteiger partial charge on any atom is -0.491 e. The van der Waals surface area contributed by atoms with Crippen molar-refractivity contribution in [2.75, 3.05) is 12.4 Å². The number of ether oxygens (including phenoxy) is 2. The Morgan fingerprint density at radius 1 is 1.38 bits per heavy atom. The normalized spacial score (nSPS) is 13.2. The lowest BCUT2D eigenvalue weighted by Gasteiger charge is -2.27. The zero-order valence-corrected chi connectivity index (χ0v) is 15.3. The lowest BCUT2D eigenvalue weighted by molar-refractivity contribution is -0.136. The molecule has 0 radical (unpaired) electrons. The quantitative estimate of drug-likeness (QED) is 0.686. The molecule has 1 N–H and O–H groups in total. The number of carbonyl (C=O) groups is 1. The SMILES string of the molecule is CCCCC[C@@](C)(OC)C(=O)Nc1ccc(OC(C)C)cc1C#N. The number of nitrogens with zero attached hydrogens (tertiary/aromatic N) is 1. The fourth-order valence-corrected chi connectivity index (χ4v) is 2.35. The molecule has 0 spiro atoms. The van der Waals surface area contributed by atoms with Gasteiger partial charge in [-0.1, -0.05) is 26.2 Å². The standard InChI is InChI=1S/C19H28N2O3/c1-6-7-8-11-19(4,23-5)18(22)21-17-10-9-16(24-14(2)3)12-15(17)13-20/h9-10,12,14H,6-8,11H2,1-5H3,(H,21,22)/t19-/m1/s1. The van der Waals surface area contributed by atoms with Gasteiger partial charge in [0.25, 0.3) is 5.91 Å². The average Bonchev–Trinajstić information content (AvgIpc) is 2.55. The molecule has 0 bridgehead atoms. The summed E-state index contributed by atoms with van der Waals surface area (Å²) in [4.78, 5) is 12.6. The summed E-state index contributed by atoms with van der Waals surface area (Å²) in [5.74, 6) is 0.368. The van der Waals surface area contributed by atoms with Crippen molar-refractivity contribution in [3.63, 3.8) is 0 Å². The maximum atomic E-state index is 12.6. The highest BCUT2D eigenvalue weighted by Crippen LogP contribution is 2.25. The summed E-state index contributed by atoms with van der Waals surface area (Å²) in [6.45, 7) is 7.73. The molecule has 0 aromatic heterocycles. The summed E-state index contributed by atoms with van der Waals surface area (Å²) < 4.78 is 11.0. The highest BCUT2D eigenvalue weighted by atomic mass is 16.5. The Hall–Kier alpha value is -2.06. The van der Waals surface area contributed by atoms with Crippen LogP contribution in [0.2, 0.25) is 0 Å². The lowest BCUT2D eigenvalue weighted by Crippen LogP contribution is -2.42. The van der Waals surface area contributed by atoms with E-state index in [0.717, 1.165) is 19.3 Å². The molecular weight excluding hydrogens is 304 g/mol. The molecule has 0 unspecified atom stereocenters. The molecule has 0 saturated carbocycles. The van der Waals surface area contributed by atoms with Crippen LogP contribution in [-0.2, 0) is 9.53 Å². The number of hydrogen-bond acceptors (Lipinski definition) is 4. The van der Waals surface area contributed by atoms with Crippen LogP contribution < -0.4 is 10.1 Å². The van der Waals surface area contributed by atoms with Crippen LogP contribution in [0.5, 0.6) is 5.75 Å². The highest BCUT2D eigenvalue weighted by molar-refractivity contribution is 5.98. The van der Waals surface area contributed by atoms with E-state index in [-0.39, 0.29) is 12.0 Å². The summed E-state index contributed by atoms with van der Waals surface area (Å²) in [5, 5.41) is 12.2. The van der Waals surface area contributed by atoms with Crippen LogP contribution in [0.15, 0.2) is 18.2 Å². The fourth-order valence-electron chi connectivity index (χ4n) is 2.35. The van der Waals surface area contributed by atoms with E-state index >= 15 is 0 Å². The Kier molecular flexibility index (Phi) is 7.73. The second kappa shape index (κ2) is 9.29. The summed E-state index contributed by atoms with van der Waals surface area (Å²) in [6.07, 6.45) is 3.71. The van der Waals surface area contributed by atoms with E-state index in [4.69, 9.17) is 9.47 Å². The van der Waals surface area contributed by atoms with Crippen molar-refractivity contribution in [2.45, 2.75) is 65.1 Å². The van der Waals surface area contributed by atoms with Crippen molar-refractivity contribution in [1.29, 1.82) is 5.26 Å². The minimum atomic E-state index is -0.908. The van der Waals surface area contributed by atoms with Crippen LogP contribution in [0.1, 0.15) is 58.9 Å². The number of carbonyl (C=O) groups excluding carboxylic acids is 1. The predicted molar refractivity (Wildman–Crippen MR) is 95.1 cm³/mol. The van der Waals surface area contributed by atoms with Crippen LogP contribution in [0, 0.1) is 11.3 Å². The maximum Gasteiger partial charge on any atom is 0.256 e. The Bertz CT molecular complexity index is 593. The monoisotopic (exact) mass is 332 g/mol. The van der Waals surface area contributed by atoms with E-state index in [1.54, 1.807) is 25.1 Å². The number of nitrogens with one attached hydrogen (secondary N) is 1. The van der Waals surface area contributed by atoms with Crippen molar-refractivity contribution in [2.24, 2.45) is 0 Å². The zero-order valence-electron chi connectivity index (χ0n) is 15.3. The Balaban J connectivity index is 2.90. The van der Waals surface area contributed by atoms with Crippen LogP contribution in [0.25, 0.3) is 0 Å². The van der Waals surface area contributed by atoms with E-state index in [1.807, 2.05) is 13.8 Å². The number of amides is 1. The third kappa shape index (κ3) is 5.54. The molecule has 24 heavy (non-hydrogen) atoms. The molecule has 1 atom stereocenters. The van der Waals surface area contributed by atoms with Gasteiger partial charge in [0.15, 0.2) is 0 Å². The summed E-state index contributed by atoms with van der Waals surface area (Å²) >= 11 is 0. The van der Waals surface area contributed by atoms with Crippen molar-refractivity contribution < 1.29 is 14.3 Å². The average molecular weight is 332 g/mol. The number of hydrogen-bond donors (Lipinski definition) is 1. The molecule has 132 valence electrons. The van der Waals surface area contributed by atoms with Crippen molar-refractivity contribution in [3.8, 4) is 11.8 Å². The number of anilines is 1. The van der Waals surface area contributed by atoms with E-state index in [1.165, 1.54) is 7.11 Å². The molecule has 0 aliphatic carbocycles. The lowest BCUT2D eigenvalue weighted by atomic mass is 9.96. The molecule has 1 aromatic carbocycles. The second-order valence-corrected chi connectivity index (χ2v) is 6.33. The Morgan fingerprint density at radius 3 is 2.62 bits per heavy atom. The fraction of sp³-hybridized carbons (Fsp3) is 0.579. The number of nitriles is 1. The van der Waals surface area contributed by atoms with E-state index in [2.05, 4.69) is 18.3 Å². The second-order valence-electron chi connectivity index (χ2n) is 6.33. The number of benzene rings is 1. The number of unbranched alkanes of at least 4 members (excludes halogenated alkanes) is 2. The molecule has 0 fully saturated rings. The molecule has 1 rings (SSSR count). The molecule has 0 aliphatic rings. The third-order valence-electron chi connectivity index (χ3n) is 3.92. The van der Waals surface area contributed by atoms with Crippen molar-refractivity contribution >= 4 is 11.6 Å². The zero-order chi connectivity index (χ0) is 18.2. The van der Waals surface area contributed by atoms with Gasteiger partial charge in [-0.2, -0.15) is 5.26 Å². The maximum absolute atomic E-state index is 12.6. The molecule has 0 aliphatic heterocycles. The number of rotatable bonds is 9. The largest absolute Gasteiger partial charge is 0.491 e. The first-order chi connectivity index (χ1) is 11.4. The van der Waals surface area contributed by atoms with E-state index < -0.39 is 5.60 Å². The predicted octanol–water partition coefficient (Wildman–Crippen LogP) is 4.27. The van der Waals surface area contributed by atoms with Crippen LogP contribution in [0.4, 0.5) is 5.69 Å². The Morgan fingerprint density at radius 2 is 2.08 bits per heavy atom. The van der Waals surface area contributed by atoms with Gasteiger partial charge < -0.3 is 14.8 Å². The molecule has 0 heterocycles. The van der Waals surface area contributed by atoms with Gasteiger partial charge in [0.1, 0.15) is 17.4 Å². The van der Waals surface area contributed by atoms with Gasteiger partial charge in [0, 0.05) is 13.2 Å². The first-order valence-corrected chi connectivity index (χ1v) is 8.43. The van der Waals surface area contributed by atoms with Crippen LogP contribution in [-0.4, -0.2) is 24.7 Å². The highest BCUT2D eigenvalue weighted by Gasteiger charge is 2.32. The van der Waals surface area contributed by atoms with Crippen LogP contribution in [0.3, 0.4) is 0 Å². The van der Waals surface area contributed by atoms with Crippen molar-refractivity contribution in [1.82, 2.24) is 0 Å². The molecule has 5 heteroatoms. The van der Waals surface area contributed by atoms with Gasteiger partial charge in [0.05, 0.1) is 17.4 Å². The van der Waals surface area contributed by atoms with E-state index in [9.17, 15) is 10.1 Å². The van der Waals surface area contributed by atoms with Crippen molar-refractivity contribution in [3.05, 3.63) is 23.8 Å². The summed E-state index contributed by atoms with van der Waals surface area (Å²) in [7, 11) is 1.54. The smallest absolute Gasteiger partial charge is 0.256 e. The first kappa shape index (κ1) is 20.0. The number of methoxy groups -OCH3 is 1. The van der Waals surface area contributed by atoms with E-state index in [0.29, 0.717) is 23.4 Å². The van der Waals surface area contributed by atoms with Crippen LogP contribution >= 0.6 is 0 Å². The van der Waals surface area contributed by atoms with Gasteiger partial charge in [0.2, 0.25) is 0 Å². The molecule has 1 aromatic rings. The van der Waals surface area contributed by atoms with Gasteiger partial charge >= 0.3 is 0 Å². The summed E-state index contributed by atoms with van der Waals surface area (Å²) in [5.41, 5.74) is -0.0690. The minimum absolute atomic E-state index is 0.0207. The Labute approximate surface area is 145 Å². The summed E-state index contributed by atoms with van der Waals surface area (Å²) in [6, 6.07) is 7.18. The van der Waals surface area contributed by atoms with Gasteiger partial charge in [-0.25, -0.2) is 0 Å².